The number of carbonyl (C=O) groups is 3. The molecule has 2 amide bonds. The number of phosphoric ester groups is 1. The number of carbonyl (C=O) groups excluding carboxylic acids is 2. The van der Waals surface area contributed by atoms with E-state index in [9.17, 15) is 48.7 Å². The van der Waals surface area contributed by atoms with Gasteiger partial charge in [0.1, 0.15) is 35.5 Å². The van der Waals surface area contributed by atoms with Crippen molar-refractivity contribution >= 4 is 42.7 Å². The molecule has 60 heavy (non-hydrogen) atoms. The zero-order valence-corrected chi connectivity index (χ0v) is 32.6. The number of hydrogen-bond acceptors (Lipinski definition) is 12. The highest BCUT2D eigenvalue weighted by atomic mass is 31.2. The lowest BCUT2D eigenvalue weighted by Crippen LogP contribution is -2.33. The number of phosphoric acid groups is 1. The molecule has 0 radical (unpaired) electrons. The van der Waals surface area contributed by atoms with Crippen molar-refractivity contribution in [1.82, 2.24) is 20.2 Å². The zero-order valence-electron chi connectivity index (χ0n) is 31.7. The van der Waals surface area contributed by atoms with Crippen LogP contribution < -0.4 is 27.3 Å². The highest BCUT2D eigenvalue weighted by molar-refractivity contribution is 7.46. The third-order valence-corrected chi connectivity index (χ3v) is 10.2. The Bertz CT molecular complexity index is 2650. The summed E-state index contributed by atoms with van der Waals surface area (Å²) in [7, 11) is -4.92. The Labute approximate surface area is 339 Å². The smallest absolute Gasteiger partial charge is 0.469 e. The van der Waals surface area contributed by atoms with Gasteiger partial charge in [-0.1, -0.05) is 25.0 Å². The second-order valence-electron chi connectivity index (χ2n) is 14.0. The molecular weight excluding hydrogens is 807 g/mol. The molecular formula is C40H41N4O15P. The van der Waals surface area contributed by atoms with Crippen LogP contribution in [0.4, 0.5) is 0 Å². The predicted molar refractivity (Wildman–Crippen MR) is 214 cm³/mol. The molecule has 316 valence electrons. The van der Waals surface area contributed by atoms with E-state index in [1.54, 1.807) is 24.3 Å². The molecule has 0 spiro atoms. The number of rotatable bonds is 17. The number of amides is 2. The number of phenols is 1. The van der Waals surface area contributed by atoms with E-state index in [0.717, 1.165) is 29.7 Å². The third kappa shape index (κ3) is 10.7. The molecule has 1 aromatic heterocycles. The van der Waals surface area contributed by atoms with Crippen molar-refractivity contribution in [1.29, 1.82) is 0 Å². The summed E-state index contributed by atoms with van der Waals surface area (Å²) >= 11 is 0. The van der Waals surface area contributed by atoms with Crippen LogP contribution in [-0.2, 0) is 29.8 Å². The first-order valence-electron chi connectivity index (χ1n) is 18.7. The minimum atomic E-state index is -4.92. The Kier molecular flexibility index (Phi) is 13.6. The maximum absolute atomic E-state index is 12.8. The summed E-state index contributed by atoms with van der Waals surface area (Å²) in [5.41, 5.74) is -0.0338. The number of carboxylic acid groups (broad SMARTS) is 1. The number of aliphatic hydroxyl groups excluding tert-OH is 1. The molecule has 3 aromatic rings. The van der Waals surface area contributed by atoms with Gasteiger partial charge in [0, 0.05) is 60.4 Å². The van der Waals surface area contributed by atoms with Crippen molar-refractivity contribution in [2.75, 3.05) is 19.7 Å². The number of nitrogens with zero attached hydrogens (tertiary/aromatic N) is 1. The number of aromatic carboxylic acids is 1. The standard InChI is InChI=1S/C40H41N4O15P/c45-21-33-32(59-60(54,55)56)19-36(58-33)44-20-23(38(50)43-40(44)53)6-12-34(48)41-13-3-1-2-4-14-42-35(49)16-22-5-9-26(29(15-22)39(51)52)37-27-10-7-24(46)17-30(27)57-31-18-25(47)8-11-28(31)37/h5-12,15,17-18,20,32-33,36,45-46H,1-4,13-14,16,19,21H2,(H,41,48)(H,42,49)(H,51,52)(H,43,50,53)(H2,54,55,56)/b12-6+/t32?,33-,36-/m1/s1. The molecule has 0 saturated carbocycles. The van der Waals surface area contributed by atoms with Crippen molar-refractivity contribution in [3.05, 3.63) is 115 Å². The Morgan fingerprint density at radius 3 is 2.40 bits per heavy atom. The summed E-state index contributed by atoms with van der Waals surface area (Å²) in [6.45, 7) is 0.0433. The molecule has 3 atom stereocenters. The number of aliphatic hydroxyl groups is 1. The quantitative estimate of drug-likeness (QED) is 0.0289. The lowest BCUT2D eigenvalue weighted by molar-refractivity contribution is -0.120. The normalized spacial score (nSPS) is 16.8. The Morgan fingerprint density at radius 2 is 1.68 bits per heavy atom. The average molecular weight is 849 g/mol. The molecule has 3 aliphatic rings. The molecule has 0 bridgehead atoms. The summed E-state index contributed by atoms with van der Waals surface area (Å²) in [4.78, 5) is 95.0. The highest BCUT2D eigenvalue weighted by Gasteiger charge is 2.40. The molecule has 2 aromatic carbocycles. The van der Waals surface area contributed by atoms with Gasteiger partial charge < -0.3 is 44.9 Å². The molecule has 1 aliphatic carbocycles. The minimum Gasteiger partial charge on any atom is -0.508 e. The summed E-state index contributed by atoms with van der Waals surface area (Å²) in [6, 6.07) is 13.3. The summed E-state index contributed by atoms with van der Waals surface area (Å²) in [5, 5.41) is 35.8. The predicted octanol–water partition coefficient (Wildman–Crippen LogP) is 2.63. The van der Waals surface area contributed by atoms with Crippen molar-refractivity contribution < 1.29 is 57.7 Å². The molecule has 8 N–H and O–H groups in total. The van der Waals surface area contributed by atoms with E-state index in [4.69, 9.17) is 18.9 Å². The van der Waals surface area contributed by atoms with Gasteiger partial charge >= 0.3 is 19.5 Å². The van der Waals surface area contributed by atoms with Crippen LogP contribution in [0.15, 0.2) is 85.7 Å². The Morgan fingerprint density at radius 1 is 0.950 bits per heavy atom. The van der Waals surface area contributed by atoms with Crippen molar-refractivity contribution in [2.24, 2.45) is 0 Å². The number of benzene rings is 3. The number of ether oxygens (including phenoxy) is 1. The number of aromatic amines is 1. The largest absolute Gasteiger partial charge is 0.508 e. The maximum Gasteiger partial charge on any atom is 0.469 e. The topological polar surface area (TPSA) is 297 Å². The zero-order chi connectivity index (χ0) is 43.1. The lowest BCUT2D eigenvalue weighted by atomic mass is 9.89. The molecule has 3 heterocycles. The van der Waals surface area contributed by atoms with Gasteiger partial charge in [0.15, 0.2) is 5.43 Å². The molecule has 20 heteroatoms. The number of carboxylic acids is 1. The maximum atomic E-state index is 12.8. The van der Waals surface area contributed by atoms with Gasteiger partial charge in [-0.2, -0.15) is 0 Å². The Balaban J connectivity index is 0.954. The summed E-state index contributed by atoms with van der Waals surface area (Å²) in [5.74, 6) is -1.88. The lowest BCUT2D eigenvalue weighted by Gasteiger charge is -2.17. The van der Waals surface area contributed by atoms with Crippen LogP contribution in [0.5, 0.6) is 5.75 Å². The van der Waals surface area contributed by atoms with Gasteiger partial charge in [-0.05, 0) is 60.4 Å². The fourth-order valence-electron chi connectivity index (χ4n) is 6.92. The molecule has 2 aliphatic heterocycles. The first-order chi connectivity index (χ1) is 28.6. The van der Waals surface area contributed by atoms with E-state index >= 15 is 0 Å². The van der Waals surface area contributed by atoms with Crippen LogP contribution in [0, 0.1) is 0 Å². The van der Waals surface area contributed by atoms with Gasteiger partial charge in [0.2, 0.25) is 11.8 Å². The van der Waals surface area contributed by atoms with Crippen molar-refractivity contribution in [3.8, 4) is 28.2 Å². The fourth-order valence-corrected chi connectivity index (χ4v) is 7.49. The number of fused-ring (bicyclic) bond motifs is 2. The Hall–Kier alpha value is -6.21. The number of unbranched alkanes of at least 4 members (excludes halogenated alkanes) is 3. The van der Waals surface area contributed by atoms with Gasteiger partial charge in [-0.15, -0.1) is 0 Å². The number of phenolic OH excluding ortho intramolecular Hbond substituents is 1. The van der Waals surface area contributed by atoms with Crippen LogP contribution in [0.25, 0.3) is 39.5 Å². The first-order valence-corrected chi connectivity index (χ1v) is 20.3. The molecule has 6 rings (SSSR count). The van der Waals surface area contributed by atoms with Crippen molar-refractivity contribution in [2.45, 2.75) is 57.0 Å². The van der Waals surface area contributed by atoms with Crippen LogP contribution in [0.2, 0.25) is 0 Å². The van der Waals surface area contributed by atoms with Gasteiger partial charge in [0.05, 0.1) is 24.2 Å². The monoisotopic (exact) mass is 848 g/mol. The second kappa shape index (κ2) is 18.8. The van der Waals surface area contributed by atoms with Crippen LogP contribution >= 0.6 is 7.82 Å². The van der Waals surface area contributed by atoms with E-state index in [1.165, 1.54) is 36.4 Å². The van der Waals surface area contributed by atoms with Crippen LogP contribution in [-0.4, -0.2) is 84.3 Å². The number of H-pyrrole nitrogens is 1. The summed E-state index contributed by atoms with van der Waals surface area (Å²) in [6.07, 6.45) is 2.35. The number of aromatic nitrogens is 2. The summed E-state index contributed by atoms with van der Waals surface area (Å²) < 4.78 is 28.3. The van der Waals surface area contributed by atoms with Gasteiger partial charge in [0.25, 0.3) is 5.56 Å². The van der Waals surface area contributed by atoms with Crippen molar-refractivity contribution in [3.63, 3.8) is 0 Å². The SMILES string of the molecule is O=C(/C=C/c1cn([C@H]2CC(OP(=O)(O)O)[C@@H](CO)O2)c(=O)[nH]c1=O)NCCCCCCNC(=O)Cc1ccc(-c2c3ccc(=O)cc-3oc3cc(O)ccc23)c(C(=O)O)c1. The van der Waals surface area contributed by atoms with E-state index in [2.05, 4.69) is 20.1 Å². The number of hydrogen-bond donors (Lipinski definition) is 8. The average Bonchev–Trinajstić information content (AvgIpc) is 3.58. The molecule has 19 nitrogen and oxygen atoms in total. The molecule has 1 saturated heterocycles. The van der Waals surface area contributed by atoms with Crippen LogP contribution in [0.3, 0.4) is 0 Å². The van der Waals surface area contributed by atoms with Crippen LogP contribution in [0.1, 0.15) is 59.8 Å². The minimum absolute atomic E-state index is 0.0586. The van der Waals surface area contributed by atoms with E-state index in [-0.39, 0.29) is 52.4 Å². The van der Waals surface area contributed by atoms with E-state index in [1.807, 2.05) is 0 Å². The number of nitrogens with one attached hydrogen (secondary N) is 3. The second-order valence-corrected chi connectivity index (χ2v) is 15.2. The first kappa shape index (κ1) is 43.4. The highest BCUT2D eigenvalue weighted by Crippen LogP contribution is 2.44. The van der Waals surface area contributed by atoms with E-state index in [0.29, 0.717) is 53.6 Å². The van der Waals surface area contributed by atoms with Gasteiger partial charge in [-0.25, -0.2) is 14.2 Å². The fraction of sp³-hybridized carbons (Fsp3) is 0.300. The third-order valence-electron chi connectivity index (χ3n) is 9.70. The van der Waals surface area contributed by atoms with E-state index < -0.39 is 56.0 Å². The molecule has 1 fully saturated rings. The molecule has 1 unspecified atom stereocenters. The van der Waals surface area contributed by atoms with Gasteiger partial charge in [-0.3, -0.25) is 33.3 Å². The number of aromatic hydroxyl groups is 1.